The van der Waals surface area contributed by atoms with Crippen molar-refractivity contribution in [3.05, 3.63) is 12.4 Å². The topological polar surface area (TPSA) is 92.5 Å². The van der Waals surface area contributed by atoms with Crippen LogP contribution in [0.4, 0.5) is 0 Å². The van der Waals surface area contributed by atoms with Crippen molar-refractivity contribution in [3.8, 4) is 0 Å². The zero-order valence-electron chi connectivity index (χ0n) is 10.8. The molecule has 0 aliphatic rings. The molecule has 0 amide bonds. The Balaban J connectivity index is 3.24. The molecule has 0 spiro atoms. The molecule has 1 aromatic heterocycles. The van der Waals surface area contributed by atoms with Gasteiger partial charge in [-0.25, -0.2) is 8.42 Å². The lowest BCUT2D eigenvalue weighted by Crippen LogP contribution is -2.48. The predicted octanol–water partition coefficient (Wildman–Crippen LogP) is 0.294. The van der Waals surface area contributed by atoms with Crippen molar-refractivity contribution in [2.24, 2.45) is 7.05 Å². The summed E-state index contributed by atoms with van der Waals surface area (Å²) in [4.78, 5) is 10.8. The second kappa shape index (κ2) is 4.69. The number of nitrogens with zero attached hydrogens (tertiary/aromatic N) is 3. The largest absolute Gasteiger partial charge is 0.480 e. The van der Waals surface area contributed by atoms with E-state index in [9.17, 15) is 13.2 Å². The first-order valence-electron chi connectivity index (χ1n) is 5.28. The molecule has 7 nitrogen and oxygen atoms in total. The molecular weight excluding hydrogens is 258 g/mol. The number of aryl methyl sites for hydroxylation is 1. The van der Waals surface area contributed by atoms with E-state index >= 15 is 0 Å². The maximum atomic E-state index is 12.3. The van der Waals surface area contributed by atoms with Gasteiger partial charge in [0.25, 0.3) is 0 Å². The smallest absolute Gasteiger partial charge is 0.318 e. The Morgan fingerprint density at radius 3 is 2.39 bits per heavy atom. The summed E-state index contributed by atoms with van der Waals surface area (Å²) in [6, 6.07) is 0. The van der Waals surface area contributed by atoms with Crippen LogP contribution in [-0.2, 0) is 21.9 Å². The van der Waals surface area contributed by atoms with E-state index in [2.05, 4.69) is 5.10 Å². The van der Waals surface area contributed by atoms with Crippen LogP contribution in [0.2, 0.25) is 0 Å². The van der Waals surface area contributed by atoms with Crippen LogP contribution in [0.5, 0.6) is 0 Å². The highest BCUT2D eigenvalue weighted by Crippen LogP contribution is 2.23. The normalized spacial score (nSPS) is 12.9. The lowest BCUT2D eigenvalue weighted by molar-refractivity contribution is -0.138. The van der Waals surface area contributed by atoms with E-state index < -0.39 is 28.1 Å². The van der Waals surface area contributed by atoms with E-state index in [0.29, 0.717) is 0 Å². The second-order valence-electron chi connectivity index (χ2n) is 4.93. The van der Waals surface area contributed by atoms with E-state index in [1.807, 2.05) is 0 Å². The fourth-order valence-corrected chi connectivity index (χ4v) is 3.19. The minimum Gasteiger partial charge on any atom is -0.480 e. The number of sulfonamides is 1. The zero-order chi connectivity index (χ0) is 14.1. The Bertz CT molecular complexity index is 542. The summed E-state index contributed by atoms with van der Waals surface area (Å²) in [6.07, 6.45) is 2.55. The van der Waals surface area contributed by atoms with E-state index in [1.165, 1.54) is 17.1 Å². The van der Waals surface area contributed by atoms with Crippen LogP contribution in [0.15, 0.2) is 17.3 Å². The highest BCUT2D eigenvalue weighted by atomic mass is 32.2. The van der Waals surface area contributed by atoms with Crippen LogP contribution >= 0.6 is 0 Å². The minimum atomic E-state index is -3.86. The standard InChI is InChI=1S/C10H17N3O4S/c1-10(2,3)13(7-9(14)15)18(16,17)8-5-11-12(4)6-8/h5-6H,7H2,1-4H3,(H,14,15). The molecule has 102 valence electrons. The number of carbonyl (C=O) groups is 1. The van der Waals surface area contributed by atoms with Crippen molar-refractivity contribution in [3.63, 3.8) is 0 Å². The van der Waals surface area contributed by atoms with Gasteiger partial charge in [0.1, 0.15) is 11.4 Å². The van der Waals surface area contributed by atoms with Crippen molar-refractivity contribution >= 4 is 16.0 Å². The van der Waals surface area contributed by atoms with Crippen molar-refractivity contribution in [2.75, 3.05) is 6.54 Å². The van der Waals surface area contributed by atoms with Crippen molar-refractivity contribution in [1.82, 2.24) is 14.1 Å². The van der Waals surface area contributed by atoms with Crippen LogP contribution in [-0.4, -0.2) is 45.7 Å². The molecule has 1 rings (SSSR count). The van der Waals surface area contributed by atoms with Crippen LogP contribution < -0.4 is 0 Å². The summed E-state index contributed by atoms with van der Waals surface area (Å²) in [5.41, 5.74) is -0.826. The molecule has 18 heavy (non-hydrogen) atoms. The van der Waals surface area contributed by atoms with E-state index in [0.717, 1.165) is 4.31 Å². The Hall–Kier alpha value is -1.41. The summed E-state index contributed by atoms with van der Waals surface area (Å²) in [6.45, 7) is 4.35. The lowest BCUT2D eigenvalue weighted by atomic mass is 10.1. The molecule has 8 heteroatoms. The number of hydrogen-bond acceptors (Lipinski definition) is 4. The van der Waals surface area contributed by atoms with Gasteiger partial charge in [0.2, 0.25) is 10.0 Å². The lowest BCUT2D eigenvalue weighted by Gasteiger charge is -2.32. The first-order valence-corrected chi connectivity index (χ1v) is 6.72. The van der Waals surface area contributed by atoms with Crippen molar-refractivity contribution < 1.29 is 18.3 Å². The first-order chi connectivity index (χ1) is 8.05. The fraction of sp³-hybridized carbons (Fsp3) is 0.600. The van der Waals surface area contributed by atoms with Crippen LogP contribution in [0.25, 0.3) is 0 Å². The van der Waals surface area contributed by atoms with Gasteiger partial charge in [-0.05, 0) is 20.8 Å². The van der Waals surface area contributed by atoms with Gasteiger partial charge < -0.3 is 5.11 Å². The first kappa shape index (κ1) is 14.7. The Labute approximate surface area is 106 Å². The van der Waals surface area contributed by atoms with Crippen LogP contribution in [0.1, 0.15) is 20.8 Å². The number of hydrogen-bond donors (Lipinski definition) is 1. The summed E-state index contributed by atoms with van der Waals surface area (Å²) < 4.78 is 27.0. The van der Waals surface area contributed by atoms with Gasteiger partial charge in [-0.15, -0.1) is 0 Å². The SMILES string of the molecule is Cn1cc(S(=O)(=O)N(CC(=O)O)C(C)(C)C)cn1. The van der Waals surface area contributed by atoms with Gasteiger partial charge >= 0.3 is 5.97 Å². The van der Waals surface area contributed by atoms with Crippen molar-refractivity contribution in [2.45, 2.75) is 31.2 Å². The minimum absolute atomic E-state index is 0.0128. The third kappa shape index (κ3) is 3.08. The Morgan fingerprint density at radius 2 is 2.06 bits per heavy atom. The quantitative estimate of drug-likeness (QED) is 0.852. The molecule has 0 fully saturated rings. The Kier molecular flexibility index (Phi) is 3.82. The zero-order valence-corrected chi connectivity index (χ0v) is 11.6. The van der Waals surface area contributed by atoms with Crippen molar-refractivity contribution in [1.29, 1.82) is 0 Å². The molecule has 0 radical (unpaired) electrons. The Morgan fingerprint density at radius 1 is 1.50 bits per heavy atom. The summed E-state index contributed by atoms with van der Waals surface area (Å²) in [5.74, 6) is -1.20. The van der Waals surface area contributed by atoms with Gasteiger partial charge in [0.15, 0.2) is 0 Å². The molecule has 0 aliphatic carbocycles. The van der Waals surface area contributed by atoms with Gasteiger partial charge in [-0.3, -0.25) is 9.48 Å². The molecule has 1 N–H and O–H groups in total. The molecule has 0 atom stereocenters. The summed E-state index contributed by atoms with van der Waals surface area (Å²) >= 11 is 0. The average Bonchev–Trinajstić information content (AvgIpc) is 2.59. The maximum Gasteiger partial charge on any atom is 0.318 e. The van der Waals surface area contributed by atoms with Gasteiger partial charge in [0, 0.05) is 18.8 Å². The highest BCUT2D eigenvalue weighted by Gasteiger charge is 2.36. The number of rotatable bonds is 4. The average molecular weight is 275 g/mol. The molecule has 0 unspecified atom stereocenters. The second-order valence-corrected chi connectivity index (χ2v) is 6.79. The monoisotopic (exact) mass is 275 g/mol. The molecule has 0 aliphatic heterocycles. The number of carboxylic acids is 1. The number of aromatic nitrogens is 2. The molecular formula is C10H17N3O4S. The molecule has 0 saturated carbocycles. The third-order valence-corrected chi connectivity index (χ3v) is 4.36. The number of carboxylic acid groups (broad SMARTS) is 1. The van der Waals surface area contributed by atoms with E-state index in [1.54, 1.807) is 27.8 Å². The summed E-state index contributed by atoms with van der Waals surface area (Å²) in [5, 5.41) is 12.6. The van der Waals surface area contributed by atoms with E-state index in [4.69, 9.17) is 5.11 Å². The molecule has 0 bridgehead atoms. The van der Waals surface area contributed by atoms with Crippen LogP contribution in [0, 0.1) is 0 Å². The summed E-state index contributed by atoms with van der Waals surface area (Å²) in [7, 11) is -2.27. The van der Waals surface area contributed by atoms with Gasteiger partial charge in [-0.2, -0.15) is 9.40 Å². The fourth-order valence-electron chi connectivity index (χ4n) is 1.46. The molecule has 1 heterocycles. The number of aliphatic carboxylic acids is 1. The predicted molar refractivity (Wildman–Crippen MR) is 64.5 cm³/mol. The third-order valence-electron chi connectivity index (χ3n) is 2.30. The molecule has 0 saturated heterocycles. The van der Waals surface area contributed by atoms with Gasteiger partial charge in [0.05, 0.1) is 6.20 Å². The molecule has 0 aromatic carbocycles. The van der Waals surface area contributed by atoms with E-state index in [-0.39, 0.29) is 4.90 Å². The maximum absolute atomic E-state index is 12.3. The molecule has 1 aromatic rings. The van der Waals surface area contributed by atoms with Crippen LogP contribution in [0.3, 0.4) is 0 Å². The van der Waals surface area contributed by atoms with Gasteiger partial charge in [-0.1, -0.05) is 0 Å². The highest BCUT2D eigenvalue weighted by molar-refractivity contribution is 7.89.